The highest BCUT2D eigenvalue weighted by atomic mass is 16.6. The SMILES string of the molecule is CC[C@H](C)[C@@H]([C@@H](CC(=O)N1CCC[C@H]1[C@H](OC)[C@@H](C)C(=O)N[C@@H](Cc1ccccc1)C(=O)OCCOCCOCCOC)OC)N(C)C(=O)C(NC(=O)[C@H](C(C)C)N(C)C)C(C)C. The van der Waals surface area contributed by atoms with Crippen molar-refractivity contribution in [3.8, 4) is 0 Å². The molecule has 16 nitrogen and oxygen atoms in total. The van der Waals surface area contributed by atoms with Crippen LogP contribution in [0.5, 0.6) is 0 Å². The Morgan fingerprint density at radius 2 is 1.41 bits per heavy atom. The number of nitrogens with one attached hydrogen (secondary N) is 2. The predicted octanol–water partition coefficient (Wildman–Crippen LogP) is 3.58. The molecule has 4 amide bonds. The number of hydrogen-bond donors (Lipinski definition) is 2. The Bertz CT molecular complexity index is 1510. The molecule has 9 atom stereocenters. The molecule has 2 rings (SSSR count). The number of carbonyl (C=O) groups excluding carboxylic acids is 5. The van der Waals surface area contributed by atoms with Gasteiger partial charge >= 0.3 is 5.97 Å². The van der Waals surface area contributed by atoms with Crippen LogP contribution in [0, 0.1) is 23.7 Å². The fraction of sp³-hybridized carbons (Fsp3) is 0.766. The first-order valence-electron chi connectivity index (χ1n) is 22.7. The zero-order chi connectivity index (χ0) is 47.2. The average Bonchev–Trinajstić information content (AvgIpc) is 3.73. The van der Waals surface area contributed by atoms with Crippen molar-refractivity contribution in [1.29, 1.82) is 0 Å². The van der Waals surface area contributed by atoms with E-state index in [0.717, 1.165) is 5.56 Å². The number of carbonyl (C=O) groups is 5. The Hall–Kier alpha value is -3.67. The second kappa shape index (κ2) is 29.0. The summed E-state index contributed by atoms with van der Waals surface area (Å²) >= 11 is 0. The van der Waals surface area contributed by atoms with Crippen LogP contribution in [0.4, 0.5) is 0 Å². The zero-order valence-corrected chi connectivity index (χ0v) is 40.6. The summed E-state index contributed by atoms with van der Waals surface area (Å²) in [5.41, 5.74) is 0.844. The van der Waals surface area contributed by atoms with Gasteiger partial charge in [-0.15, -0.1) is 0 Å². The molecule has 0 radical (unpaired) electrons. The summed E-state index contributed by atoms with van der Waals surface area (Å²) in [5, 5.41) is 5.95. The Labute approximate surface area is 377 Å². The molecular weight excluding hydrogens is 811 g/mol. The van der Waals surface area contributed by atoms with Gasteiger partial charge in [0.05, 0.1) is 75.7 Å². The van der Waals surface area contributed by atoms with Crippen LogP contribution >= 0.6 is 0 Å². The molecule has 360 valence electrons. The lowest BCUT2D eigenvalue weighted by molar-refractivity contribution is -0.151. The number of esters is 1. The van der Waals surface area contributed by atoms with E-state index in [9.17, 15) is 24.0 Å². The quantitative estimate of drug-likeness (QED) is 0.0851. The molecule has 1 aromatic rings. The molecule has 1 aliphatic heterocycles. The summed E-state index contributed by atoms with van der Waals surface area (Å²) in [6.45, 7) is 15.9. The summed E-state index contributed by atoms with van der Waals surface area (Å²) < 4.78 is 33.5. The monoisotopic (exact) mass is 892 g/mol. The van der Waals surface area contributed by atoms with Gasteiger partial charge in [-0.25, -0.2) is 4.79 Å². The normalized spacial score (nSPS) is 18.0. The summed E-state index contributed by atoms with van der Waals surface area (Å²) in [5.74, 6) is -2.61. The maximum absolute atomic E-state index is 14.4. The van der Waals surface area contributed by atoms with E-state index < -0.39 is 60.2 Å². The van der Waals surface area contributed by atoms with E-state index in [1.807, 2.05) is 90.9 Å². The number of benzene rings is 1. The van der Waals surface area contributed by atoms with Crippen molar-refractivity contribution in [1.82, 2.24) is 25.3 Å². The molecule has 63 heavy (non-hydrogen) atoms. The summed E-state index contributed by atoms with van der Waals surface area (Å²) in [7, 11) is 10.1. The fourth-order valence-electron chi connectivity index (χ4n) is 8.52. The molecular formula is C47H81N5O11. The van der Waals surface area contributed by atoms with E-state index in [4.69, 9.17) is 28.4 Å². The molecule has 1 heterocycles. The summed E-state index contributed by atoms with van der Waals surface area (Å²) in [6, 6.07) is 6.27. The molecule has 1 aromatic carbocycles. The van der Waals surface area contributed by atoms with Gasteiger partial charge in [0, 0.05) is 41.3 Å². The predicted molar refractivity (Wildman–Crippen MR) is 242 cm³/mol. The van der Waals surface area contributed by atoms with Gasteiger partial charge in [-0.1, -0.05) is 85.2 Å². The number of likely N-dealkylation sites (tertiary alicyclic amines) is 1. The third-order valence-corrected chi connectivity index (χ3v) is 12.1. The first-order chi connectivity index (χ1) is 29.9. The number of nitrogens with zero attached hydrogens (tertiary/aromatic N) is 3. The zero-order valence-electron chi connectivity index (χ0n) is 40.6. The maximum atomic E-state index is 14.4. The summed E-state index contributed by atoms with van der Waals surface area (Å²) in [4.78, 5) is 74.9. The van der Waals surface area contributed by atoms with Crippen LogP contribution in [0.15, 0.2) is 30.3 Å². The van der Waals surface area contributed by atoms with E-state index in [-0.39, 0.29) is 61.5 Å². The van der Waals surface area contributed by atoms with Gasteiger partial charge in [0.1, 0.15) is 18.7 Å². The molecule has 0 spiro atoms. The summed E-state index contributed by atoms with van der Waals surface area (Å²) in [6.07, 6.45) is 0.881. The highest BCUT2D eigenvalue weighted by Crippen LogP contribution is 2.30. The van der Waals surface area contributed by atoms with E-state index in [1.54, 1.807) is 38.0 Å². The number of hydrogen-bond acceptors (Lipinski definition) is 12. The lowest BCUT2D eigenvalue weighted by Crippen LogP contribution is -2.59. The molecule has 0 aromatic heterocycles. The minimum absolute atomic E-state index is 0.00212. The highest BCUT2D eigenvalue weighted by Gasteiger charge is 2.43. The molecule has 1 fully saturated rings. The van der Waals surface area contributed by atoms with E-state index in [0.29, 0.717) is 52.2 Å². The molecule has 0 saturated carbocycles. The van der Waals surface area contributed by atoms with Crippen LogP contribution in [-0.2, 0) is 58.8 Å². The maximum Gasteiger partial charge on any atom is 0.329 e. The van der Waals surface area contributed by atoms with Gasteiger partial charge in [0.25, 0.3) is 0 Å². The van der Waals surface area contributed by atoms with Crippen LogP contribution < -0.4 is 10.6 Å². The second-order valence-corrected chi connectivity index (χ2v) is 17.6. The smallest absolute Gasteiger partial charge is 0.329 e. The highest BCUT2D eigenvalue weighted by molar-refractivity contribution is 5.90. The number of likely N-dealkylation sites (N-methyl/N-ethyl adjacent to an activating group) is 2. The molecule has 1 aliphatic rings. The van der Waals surface area contributed by atoms with Crippen LogP contribution in [0.1, 0.15) is 79.7 Å². The molecule has 16 heteroatoms. The Morgan fingerprint density at radius 1 is 0.794 bits per heavy atom. The number of methoxy groups -OCH3 is 3. The van der Waals surface area contributed by atoms with Crippen molar-refractivity contribution in [2.45, 2.75) is 123 Å². The minimum Gasteiger partial charge on any atom is -0.462 e. The third-order valence-electron chi connectivity index (χ3n) is 12.1. The molecule has 0 aliphatic carbocycles. The van der Waals surface area contributed by atoms with E-state index in [1.165, 1.54) is 7.11 Å². The van der Waals surface area contributed by atoms with Gasteiger partial charge in [-0.2, -0.15) is 0 Å². The largest absolute Gasteiger partial charge is 0.462 e. The van der Waals surface area contributed by atoms with Gasteiger partial charge in [-0.05, 0) is 50.3 Å². The van der Waals surface area contributed by atoms with Gasteiger partial charge in [-0.3, -0.25) is 24.1 Å². The fourth-order valence-corrected chi connectivity index (χ4v) is 8.52. The Morgan fingerprint density at radius 3 is 1.95 bits per heavy atom. The second-order valence-electron chi connectivity index (χ2n) is 17.6. The lowest BCUT2D eigenvalue weighted by Gasteiger charge is -2.41. The van der Waals surface area contributed by atoms with Crippen molar-refractivity contribution < 1.29 is 52.4 Å². The topological polar surface area (TPSA) is 175 Å². The average molecular weight is 892 g/mol. The molecule has 0 bridgehead atoms. The minimum atomic E-state index is -0.980. The van der Waals surface area contributed by atoms with Crippen molar-refractivity contribution >= 4 is 29.6 Å². The van der Waals surface area contributed by atoms with Crippen LogP contribution in [0.3, 0.4) is 0 Å². The number of rotatable bonds is 30. The van der Waals surface area contributed by atoms with Crippen molar-refractivity contribution in [2.75, 3.05) is 88.7 Å². The van der Waals surface area contributed by atoms with Crippen LogP contribution in [0.25, 0.3) is 0 Å². The van der Waals surface area contributed by atoms with Gasteiger partial charge in [0.15, 0.2) is 0 Å². The number of amides is 4. The Balaban J connectivity index is 2.23. The third kappa shape index (κ3) is 17.3. The first kappa shape index (κ1) is 55.5. The number of ether oxygens (including phenoxy) is 6. The van der Waals surface area contributed by atoms with Gasteiger partial charge in [0.2, 0.25) is 23.6 Å². The van der Waals surface area contributed by atoms with E-state index in [2.05, 4.69) is 10.6 Å². The first-order valence-corrected chi connectivity index (χ1v) is 22.7. The van der Waals surface area contributed by atoms with Crippen molar-refractivity contribution in [2.24, 2.45) is 23.7 Å². The molecule has 2 N–H and O–H groups in total. The lowest BCUT2D eigenvalue weighted by atomic mass is 9.89. The van der Waals surface area contributed by atoms with Crippen LogP contribution in [-0.4, -0.2) is 175 Å². The van der Waals surface area contributed by atoms with E-state index >= 15 is 0 Å². The van der Waals surface area contributed by atoms with Crippen molar-refractivity contribution in [3.63, 3.8) is 0 Å². The van der Waals surface area contributed by atoms with Gasteiger partial charge < -0.3 is 48.9 Å². The standard InChI is InChI=1S/C47H81N5O11/c1-14-33(6)42(51(10)46(56)40(31(2)3)49-45(55)41(32(4)5)50(8)9)38(59-12)30-39(53)52-22-18-21-37(52)43(60-13)34(7)44(54)48-36(29-35-19-16-15-17-20-35)47(57)63-28-27-62-26-25-61-24-23-58-11/h15-17,19-20,31-34,36-38,40-43H,14,18,21-30H2,1-13H3,(H,48,54)(H,49,55)/t33-,34+,36-,37-,38+,40?,41-,42-,43+/m0/s1. The molecule has 1 saturated heterocycles. The van der Waals surface area contributed by atoms with Crippen LogP contribution in [0.2, 0.25) is 0 Å². The Kier molecular flexibility index (Phi) is 25.5. The van der Waals surface area contributed by atoms with Crippen molar-refractivity contribution in [3.05, 3.63) is 35.9 Å². The molecule has 1 unspecified atom stereocenters.